The van der Waals surface area contributed by atoms with Crippen LogP contribution in [-0.4, -0.2) is 25.0 Å². The van der Waals surface area contributed by atoms with Crippen LogP contribution >= 0.6 is 11.3 Å². The Hall–Kier alpha value is -0.910. The monoisotopic (exact) mass is 199 g/mol. The van der Waals surface area contributed by atoms with Crippen LogP contribution in [0, 0.1) is 0 Å². The van der Waals surface area contributed by atoms with E-state index in [1.165, 1.54) is 11.3 Å². The lowest BCUT2D eigenvalue weighted by molar-refractivity contribution is -0.126. The summed E-state index contributed by atoms with van der Waals surface area (Å²) in [6.45, 7) is 0. The zero-order valence-corrected chi connectivity index (χ0v) is 8.47. The van der Waals surface area contributed by atoms with E-state index in [-0.39, 0.29) is 5.91 Å². The maximum atomic E-state index is 11.4. The van der Waals surface area contributed by atoms with Crippen molar-refractivity contribution in [3.8, 4) is 0 Å². The molecule has 0 fully saturated rings. The van der Waals surface area contributed by atoms with Gasteiger partial charge in [0.05, 0.1) is 0 Å². The summed E-state index contributed by atoms with van der Waals surface area (Å²) in [7, 11) is 3.50. The number of nitrogens with two attached hydrogens (primary N) is 1. The van der Waals surface area contributed by atoms with E-state index < -0.39 is 6.04 Å². The van der Waals surface area contributed by atoms with Crippen molar-refractivity contribution in [3.63, 3.8) is 0 Å². The molecule has 0 aliphatic heterocycles. The zero-order valence-electron chi connectivity index (χ0n) is 7.65. The van der Waals surface area contributed by atoms with Gasteiger partial charge in [-0.15, -0.1) is 11.3 Å². The largest absolute Gasteiger partial charge is 0.315 e. The van der Waals surface area contributed by atoms with Crippen LogP contribution in [0.5, 0.6) is 0 Å². The number of nitrogens with one attached hydrogen (secondary N) is 1. The lowest BCUT2D eigenvalue weighted by atomic mass is 10.2. The van der Waals surface area contributed by atoms with Crippen molar-refractivity contribution in [1.29, 1.82) is 0 Å². The van der Waals surface area contributed by atoms with Crippen molar-refractivity contribution in [2.75, 3.05) is 14.1 Å². The highest BCUT2D eigenvalue weighted by Gasteiger charge is 2.16. The smallest absolute Gasteiger partial charge is 0.256 e. The normalized spacial score (nSPS) is 12.9. The number of hydrogen-bond donors (Lipinski definition) is 2. The Morgan fingerprint density at radius 3 is 2.85 bits per heavy atom. The van der Waals surface area contributed by atoms with E-state index in [2.05, 4.69) is 5.43 Å². The van der Waals surface area contributed by atoms with Crippen molar-refractivity contribution in [2.45, 2.75) is 6.04 Å². The fourth-order valence-electron chi connectivity index (χ4n) is 0.887. The molecule has 0 saturated heterocycles. The van der Waals surface area contributed by atoms with E-state index in [9.17, 15) is 4.79 Å². The molecule has 1 unspecified atom stereocenters. The molecule has 0 aromatic carbocycles. The van der Waals surface area contributed by atoms with E-state index in [1.807, 2.05) is 17.5 Å². The number of rotatable bonds is 3. The first-order chi connectivity index (χ1) is 6.11. The third kappa shape index (κ3) is 2.80. The molecule has 0 spiro atoms. The molecule has 13 heavy (non-hydrogen) atoms. The minimum atomic E-state index is -0.567. The first kappa shape index (κ1) is 10.2. The van der Waals surface area contributed by atoms with Crippen molar-refractivity contribution in [2.24, 2.45) is 5.73 Å². The number of hydrazine groups is 1. The Morgan fingerprint density at radius 1 is 1.69 bits per heavy atom. The van der Waals surface area contributed by atoms with Gasteiger partial charge in [0.15, 0.2) is 0 Å². The van der Waals surface area contributed by atoms with Crippen LogP contribution in [-0.2, 0) is 4.79 Å². The van der Waals surface area contributed by atoms with Crippen LogP contribution < -0.4 is 11.2 Å². The number of hydrogen-bond acceptors (Lipinski definition) is 4. The van der Waals surface area contributed by atoms with Gasteiger partial charge in [0.2, 0.25) is 0 Å². The van der Waals surface area contributed by atoms with Crippen LogP contribution in [0.3, 0.4) is 0 Å². The molecule has 1 aromatic rings. The minimum Gasteiger partial charge on any atom is -0.315 e. The van der Waals surface area contributed by atoms with Crippen LogP contribution in [0.1, 0.15) is 10.9 Å². The molecule has 1 aromatic heterocycles. The molecule has 0 bridgehead atoms. The van der Waals surface area contributed by atoms with Crippen molar-refractivity contribution >= 4 is 17.2 Å². The molecule has 4 nitrogen and oxygen atoms in total. The summed E-state index contributed by atoms with van der Waals surface area (Å²) in [5.41, 5.74) is 8.31. The van der Waals surface area contributed by atoms with Crippen molar-refractivity contribution in [1.82, 2.24) is 10.4 Å². The topological polar surface area (TPSA) is 58.4 Å². The maximum absolute atomic E-state index is 11.4. The molecule has 0 saturated carbocycles. The van der Waals surface area contributed by atoms with Gasteiger partial charge in [0, 0.05) is 19.0 Å². The molecule has 1 heterocycles. The third-order valence-electron chi connectivity index (χ3n) is 1.47. The highest BCUT2D eigenvalue weighted by Crippen LogP contribution is 2.16. The summed E-state index contributed by atoms with van der Waals surface area (Å²) in [6, 6.07) is 3.16. The molecular formula is C8H13N3OS. The Morgan fingerprint density at radius 2 is 2.38 bits per heavy atom. The molecule has 5 heteroatoms. The molecular weight excluding hydrogens is 186 g/mol. The molecule has 1 atom stereocenters. The molecule has 0 radical (unpaired) electrons. The third-order valence-corrected chi connectivity index (χ3v) is 2.42. The zero-order chi connectivity index (χ0) is 9.84. The van der Waals surface area contributed by atoms with Crippen LogP contribution in [0.25, 0.3) is 0 Å². The van der Waals surface area contributed by atoms with Gasteiger partial charge >= 0.3 is 0 Å². The lowest BCUT2D eigenvalue weighted by Crippen LogP contribution is -2.41. The molecule has 0 aliphatic carbocycles. The van der Waals surface area contributed by atoms with Crippen molar-refractivity contribution < 1.29 is 4.79 Å². The number of nitrogens with zero attached hydrogens (tertiary/aromatic N) is 1. The SMILES string of the molecule is CN(C)NC(=O)C(N)c1cccs1. The van der Waals surface area contributed by atoms with Gasteiger partial charge in [-0.2, -0.15) is 0 Å². The van der Waals surface area contributed by atoms with Crippen molar-refractivity contribution in [3.05, 3.63) is 22.4 Å². The van der Waals surface area contributed by atoms with Gasteiger partial charge in [-0.1, -0.05) is 6.07 Å². The van der Waals surface area contributed by atoms with E-state index >= 15 is 0 Å². The summed E-state index contributed by atoms with van der Waals surface area (Å²) >= 11 is 1.48. The van der Waals surface area contributed by atoms with E-state index in [0.717, 1.165) is 4.88 Å². The van der Waals surface area contributed by atoms with Gasteiger partial charge in [-0.3, -0.25) is 10.2 Å². The van der Waals surface area contributed by atoms with Crippen LogP contribution in [0.15, 0.2) is 17.5 Å². The molecule has 1 rings (SSSR count). The van der Waals surface area contributed by atoms with E-state index in [4.69, 9.17) is 5.73 Å². The predicted molar refractivity (Wildman–Crippen MR) is 53.1 cm³/mol. The van der Waals surface area contributed by atoms with Gasteiger partial charge in [0.1, 0.15) is 6.04 Å². The molecule has 3 N–H and O–H groups in total. The first-order valence-corrected chi connectivity index (χ1v) is 4.76. The predicted octanol–water partition coefficient (Wildman–Crippen LogP) is 0.341. The average molecular weight is 199 g/mol. The summed E-state index contributed by atoms with van der Waals surface area (Å²) in [5, 5.41) is 3.48. The van der Waals surface area contributed by atoms with Gasteiger partial charge in [0.25, 0.3) is 5.91 Å². The fourth-order valence-corrected chi connectivity index (χ4v) is 1.61. The summed E-state index contributed by atoms with van der Waals surface area (Å²) in [4.78, 5) is 12.3. The number of thiophene rings is 1. The lowest BCUT2D eigenvalue weighted by Gasteiger charge is -2.15. The fraction of sp³-hybridized carbons (Fsp3) is 0.375. The molecule has 72 valence electrons. The Bertz CT molecular complexity index is 271. The highest BCUT2D eigenvalue weighted by molar-refractivity contribution is 7.10. The van der Waals surface area contributed by atoms with Crippen LogP contribution in [0.4, 0.5) is 0 Å². The second kappa shape index (κ2) is 4.36. The second-order valence-electron chi connectivity index (χ2n) is 2.86. The van der Waals surface area contributed by atoms with E-state index in [1.54, 1.807) is 19.1 Å². The highest BCUT2D eigenvalue weighted by atomic mass is 32.1. The molecule has 1 amide bonds. The standard InChI is InChI=1S/C8H13N3OS/c1-11(2)10-8(12)7(9)6-4-3-5-13-6/h3-5,7H,9H2,1-2H3,(H,10,12). The summed E-state index contributed by atoms with van der Waals surface area (Å²) in [6.07, 6.45) is 0. The Balaban J connectivity index is 2.58. The first-order valence-electron chi connectivity index (χ1n) is 3.88. The average Bonchev–Trinajstić information content (AvgIpc) is 2.53. The summed E-state index contributed by atoms with van der Waals surface area (Å²) in [5.74, 6) is -0.188. The van der Waals surface area contributed by atoms with Gasteiger partial charge in [-0.05, 0) is 11.4 Å². The number of carbonyl (C=O) groups is 1. The summed E-state index contributed by atoms with van der Waals surface area (Å²) < 4.78 is 0. The number of amides is 1. The van der Waals surface area contributed by atoms with Gasteiger partial charge in [-0.25, -0.2) is 5.01 Å². The Kier molecular flexibility index (Phi) is 3.41. The quantitative estimate of drug-likeness (QED) is 0.690. The maximum Gasteiger partial charge on any atom is 0.256 e. The Labute approximate surface area is 81.3 Å². The molecule has 0 aliphatic rings. The number of carbonyl (C=O) groups excluding carboxylic acids is 1. The van der Waals surface area contributed by atoms with E-state index in [0.29, 0.717) is 0 Å². The minimum absolute atomic E-state index is 0.188. The van der Waals surface area contributed by atoms with Gasteiger partial charge < -0.3 is 5.73 Å². The second-order valence-corrected chi connectivity index (χ2v) is 3.84. The van der Waals surface area contributed by atoms with Crippen LogP contribution in [0.2, 0.25) is 0 Å².